The fourth-order valence-electron chi connectivity index (χ4n) is 8.01. The molecule has 12 bridgehead atoms. The van der Waals surface area contributed by atoms with Crippen LogP contribution >= 0.6 is 22.7 Å². The molecule has 274 valence electrons. The molecule has 0 fully saturated rings. The van der Waals surface area contributed by atoms with Crippen LogP contribution < -0.4 is 0 Å². The van der Waals surface area contributed by atoms with E-state index < -0.39 is 0 Å². The normalized spacial score (nSPS) is 12.0. The fraction of sp³-hybridized carbons (Fsp3) is 0. The number of rotatable bonds is 4. The molecule has 11 rings (SSSR count). The van der Waals surface area contributed by atoms with Gasteiger partial charge in [-0.25, -0.2) is 9.97 Å². The second kappa shape index (κ2) is 14.4. The molecule has 58 heavy (non-hydrogen) atoms. The molecule has 0 saturated carbocycles. The molecule has 4 nitrogen and oxygen atoms in total. The molecule has 4 aromatic carbocycles. The minimum atomic E-state index is 0.904. The van der Waals surface area contributed by atoms with Gasteiger partial charge >= 0.3 is 0 Å². The molecule has 0 radical (unpaired) electrons. The van der Waals surface area contributed by atoms with Gasteiger partial charge in [0.25, 0.3) is 0 Å². The lowest BCUT2D eigenvalue weighted by atomic mass is 10.0. The lowest BCUT2D eigenvalue weighted by molar-refractivity contribution is 1.32. The van der Waals surface area contributed by atoms with E-state index in [4.69, 9.17) is 9.97 Å². The number of benzene rings is 4. The van der Waals surface area contributed by atoms with Gasteiger partial charge in [-0.15, -0.1) is 22.7 Å². The number of aromatic nitrogens is 4. The Morgan fingerprint density at radius 3 is 0.931 bits per heavy atom. The Labute approximate surface area is 343 Å². The first-order chi connectivity index (χ1) is 28.7. The van der Waals surface area contributed by atoms with E-state index in [0.29, 0.717) is 0 Å². The van der Waals surface area contributed by atoms with Crippen molar-refractivity contribution in [3.05, 3.63) is 193 Å². The zero-order valence-electron chi connectivity index (χ0n) is 31.2. The van der Waals surface area contributed by atoms with Gasteiger partial charge in [-0.3, -0.25) is 0 Å². The number of thiophene rings is 2. The van der Waals surface area contributed by atoms with Gasteiger partial charge < -0.3 is 9.97 Å². The standard InChI is InChI=1S/C52H34N4S2/c1-5-13-33(14-6-1)49-41-25-21-37(53-41)38-22-26-43(54-38)51(35-17-9-3-10-18-35)47-31-32-48(58-47)52(36-19-11-4-12-20-36)44-28-24-40(56-44)39-23-27-42(55-39)50(34-15-7-2-8-16-34)46-30-29-45(49)57-46/h1-32,53,56H. The van der Waals surface area contributed by atoms with Gasteiger partial charge in [-0.2, -0.15) is 0 Å². The summed E-state index contributed by atoms with van der Waals surface area (Å²) in [6, 6.07) is 60.2. The summed E-state index contributed by atoms with van der Waals surface area (Å²) in [6.07, 6.45) is 8.57. The number of hydrogen-bond donors (Lipinski definition) is 2. The Kier molecular flexibility index (Phi) is 8.50. The largest absolute Gasteiger partial charge is 0.353 e. The zero-order valence-corrected chi connectivity index (χ0v) is 32.8. The predicted octanol–water partition coefficient (Wildman–Crippen LogP) is 14.9. The lowest BCUT2D eigenvalue weighted by Crippen LogP contribution is -1.84. The molecule has 6 heteroatoms. The van der Waals surface area contributed by atoms with E-state index in [1.807, 2.05) is 0 Å². The van der Waals surface area contributed by atoms with Crippen LogP contribution in [0.4, 0.5) is 0 Å². The van der Waals surface area contributed by atoms with Crippen LogP contribution in [0.1, 0.15) is 22.8 Å². The number of fused-ring (bicyclic) bond motifs is 14. The molecular formula is C52H34N4S2. The van der Waals surface area contributed by atoms with Crippen LogP contribution in [-0.2, 0) is 0 Å². The topological polar surface area (TPSA) is 57.4 Å². The molecule has 0 atom stereocenters. The van der Waals surface area contributed by atoms with Gasteiger partial charge in [0.1, 0.15) is 0 Å². The van der Waals surface area contributed by atoms with Crippen molar-refractivity contribution in [3.8, 4) is 44.5 Å². The third-order valence-corrected chi connectivity index (χ3v) is 12.9. The Morgan fingerprint density at radius 1 is 0.276 bits per heavy atom. The molecule has 7 heterocycles. The summed E-state index contributed by atoms with van der Waals surface area (Å²) in [6.45, 7) is 0. The van der Waals surface area contributed by atoms with Crippen LogP contribution in [0.2, 0.25) is 0 Å². The highest BCUT2D eigenvalue weighted by atomic mass is 32.1. The summed E-state index contributed by atoms with van der Waals surface area (Å²) in [4.78, 5) is 18.2. The summed E-state index contributed by atoms with van der Waals surface area (Å²) < 4.78 is 4.64. The van der Waals surface area contributed by atoms with E-state index >= 15 is 0 Å². The van der Waals surface area contributed by atoms with E-state index in [-0.39, 0.29) is 0 Å². The van der Waals surface area contributed by atoms with Crippen LogP contribution in [0.15, 0.2) is 170 Å². The average molecular weight is 779 g/mol. The van der Waals surface area contributed by atoms with Crippen molar-refractivity contribution in [1.82, 2.24) is 19.9 Å². The van der Waals surface area contributed by atoms with Crippen LogP contribution in [0.25, 0.3) is 110 Å². The van der Waals surface area contributed by atoms with Crippen molar-refractivity contribution in [2.24, 2.45) is 0 Å². The van der Waals surface area contributed by atoms with Gasteiger partial charge in [-0.1, -0.05) is 121 Å². The maximum Gasteiger partial charge on any atom is 0.0872 e. The van der Waals surface area contributed by atoms with Gasteiger partial charge in [0.05, 0.1) is 33.8 Å². The van der Waals surface area contributed by atoms with E-state index in [0.717, 1.165) is 98.7 Å². The molecule has 5 aromatic heterocycles. The van der Waals surface area contributed by atoms with Crippen LogP contribution in [0, 0.1) is 0 Å². The molecule has 0 amide bonds. The van der Waals surface area contributed by atoms with Crippen LogP contribution in [0.5, 0.6) is 0 Å². The Morgan fingerprint density at radius 2 is 0.569 bits per heavy atom. The quantitative estimate of drug-likeness (QED) is 0.187. The minimum absolute atomic E-state index is 0.904. The molecule has 0 spiro atoms. The van der Waals surface area contributed by atoms with Crippen molar-refractivity contribution < 1.29 is 0 Å². The molecular weight excluding hydrogens is 745 g/mol. The summed E-state index contributed by atoms with van der Waals surface area (Å²) in [5, 5.41) is 0. The Bertz CT molecular complexity index is 3090. The van der Waals surface area contributed by atoms with Crippen molar-refractivity contribution >= 4 is 87.8 Å². The highest BCUT2D eigenvalue weighted by Crippen LogP contribution is 2.41. The highest BCUT2D eigenvalue weighted by molar-refractivity contribution is 7.24. The van der Waals surface area contributed by atoms with Gasteiger partial charge in [-0.05, 0) is 95.1 Å². The first-order valence-corrected chi connectivity index (χ1v) is 21.0. The van der Waals surface area contributed by atoms with Crippen molar-refractivity contribution in [3.63, 3.8) is 0 Å². The predicted molar refractivity (Wildman–Crippen MR) is 249 cm³/mol. The molecule has 0 unspecified atom stereocenters. The van der Waals surface area contributed by atoms with E-state index in [2.05, 4.69) is 204 Å². The summed E-state index contributed by atoms with van der Waals surface area (Å²) in [5.74, 6) is 0. The molecule has 2 aliphatic rings. The van der Waals surface area contributed by atoms with Gasteiger partial charge in [0.15, 0.2) is 0 Å². The molecule has 0 saturated heterocycles. The highest BCUT2D eigenvalue weighted by Gasteiger charge is 2.16. The van der Waals surface area contributed by atoms with E-state index in [9.17, 15) is 0 Å². The van der Waals surface area contributed by atoms with Crippen molar-refractivity contribution in [1.29, 1.82) is 0 Å². The monoisotopic (exact) mass is 778 g/mol. The molecule has 0 aliphatic carbocycles. The van der Waals surface area contributed by atoms with Crippen LogP contribution in [0.3, 0.4) is 0 Å². The van der Waals surface area contributed by atoms with Crippen LogP contribution in [-0.4, -0.2) is 19.9 Å². The second-order valence-electron chi connectivity index (χ2n) is 14.3. The Balaban J connectivity index is 1.29. The number of H-pyrrole nitrogens is 2. The molecule has 2 aliphatic heterocycles. The first-order valence-electron chi connectivity index (χ1n) is 19.3. The average Bonchev–Trinajstić information content (AvgIpc) is 4.13. The summed E-state index contributed by atoms with van der Waals surface area (Å²) >= 11 is 3.58. The zero-order chi connectivity index (χ0) is 38.4. The summed E-state index contributed by atoms with van der Waals surface area (Å²) in [5.41, 5.74) is 16.8. The van der Waals surface area contributed by atoms with Crippen molar-refractivity contribution in [2.75, 3.05) is 0 Å². The fourth-order valence-corrected chi connectivity index (χ4v) is 10.3. The molecule has 2 N–H and O–H groups in total. The van der Waals surface area contributed by atoms with E-state index in [1.54, 1.807) is 22.7 Å². The van der Waals surface area contributed by atoms with Crippen molar-refractivity contribution in [2.45, 2.75) is 0 Å². The smallest absolute Gasteiger partial charge is 0.0872 e. The number of hydrogen-bond acceptors (Lipinski definition) is 4. The minimum Gasteiger partial charge on any atom is -0.353 e. The lowest BCUT2D eigenvalue weighted by Gasteiger charge is -2.04. The summed E-state index contributed by atoms with van der Waals surface area (Å²) in [7, 11) is 0. The third-order valence-electron chi connectivity index (χ3n) is 10.7. The Hall–Kier alpha value is -7.12. The molecule has 9 aromatic rings. The van der Waals surface area contributed by atoms with Gasteiger partial charge in [0, 0.05) is 52.1 Å². The maximum absolute atomic E-state index is 5.32. The van der Waals surface area contributed by atoms with Gasteiger partial charge in [0.2, 0.25) is 0 Å². The van der Waals surface area contributed by atoms with E-state index in [1.165, 1.54) is 9.40 Å². The maximum atomic E-state index is 5.32. The third kappa shape index (κ3) is 6.16. The first kappa shape index (κ1) is 34.2. The number of nitrogens with one attached hydrogen (secondary N) is 2. The number of aromatic amines is 2. The number of nitrogens with zero attached hydrogens (tertiary/aromatic N) is 2. The SMILES string of the molecule is C1=Cc2nc1c(-c1ccccc1)c1ccc(s1)c(-c1ccccc1)c1ccc([nH]1)c1nc(c(-c3ccccc3)c3ccc(s3)c(-c3ccccc3)c3ccc2[nH]3)C=C1. The second-order valence-corrected chi connectivity index (χ2v) is 16.5.